The molecule has 3 aliphatic heterocycles. The normalized spacial score (nSPS) is 37.1. The molecule has 5 unspecified atom stereocenters. The van der Waals surface area contributed by atoms with Crippen molar-refractivity contribution >= 4 is 0 Å². The van der Waals surface area contributed by atoms with Gasteiger partial charge < -0.3 is 5.32 Å². The molecule has 1 N–H and O–H groups in total. The zero-order chi connectivity index (χ0) is 15.1. The molecule has 4 fully saturated rings. The molecule has 0 amide bonds. The molecule has 0 radical (unpaired) electrons. The molecule has 3 saturated heterocycles. The van der Waals surface area contributed by atoms with E-state index in [1.54, 1.807) is 0 Å². The second kappa shape index (κ2) is 5.98. The second-order valence-electron chi connectivity index (χ2n) is 8.22. The van der Waals surface area contributed by atoms with E-state index in [1.807, 2.05) is 0 Å². The Labute approximate surface area is 135 Å². The molecule has 1 aliphatic carbocycles. The highest BCUT2D eigenvalue weighted by molar-refractivity contribution is 5.16. The first kappa shape index (κ1) is 14.7. The number of benzene rings is 1. The van der Waals surface area contributed by atoms with Crippen LogP contribution in [0.3, 0.4) is 0 Å². The minimum absolute atomic E-state index is 0.782. The molecule has 3 heterocycles. The van der Waals surface area contributed by atoms with Gasteiger partial charge in [-0.05, 0) is 55.0 Å². The van der Waals surface area contributed by atoms with Crippen molar-refractivity contribution in [3.05, 3.63) is 35.9 Å². The third kappa shape index (κ3) is 2.61. The van der Waals surface area contributed by atoms with Crippen LogP contribution in [0.15, 0.2) is 30.3 Å². The van der Waals surface area contributed by atoms with Crippen molar-refractivity contribution in [3.8, 4) is 0 Å². The maximum absolute atomic E-state index is 3.87. The Morgan fingerprint density at radius 1 is 1.18 bits per heavy atom. The SMILES string of the molecule is CC(C)CN1CC2CC3CNC2C1C3CCc1ccccc1. The minimum Gasteiger partial charge on any atom is -0.312 e. The van der Waals surface area contributed by atoms with Gasteiger partial charge in [0.15, 0.2) is 0 Å². The van der Waals surface area contributed by atoms with Crippen molar-refractivity contribution in [2.24, 2.45) is 23.7 Å². The Hall–Kier alpha value is -0.860. The summed E-state index contributed by atoms with van der Waals surface area (Å²) in [5, 5.41) is 3.87. The van der Waals surface area contributed by atoms with E-state index in [2.05, 4.69) is 54.4 Å². The maximum atomic E-state index is 3.87. The highest BCUT2D eigenvalue weighted by atomic mass is 15.3. The summed E-state index contributed by atoms with van der Waals surface area (Å²) >= 11 is 0. The average molecular weight is 298 g/mol. The van der Waals surface area contributed by atoms with Crippen LogP contribution >= 0.6 is 0 Å². The van der Waals surface area contributed by atoms with Crippen molar-refractivity contribution in [2.75, 3.05) is 19.6 Å². The van der Waals surface area contributed by atoms with Crippen LogP contribution < -0.4 is 5.32 Å². The second-order valence-corrected chi connectivity index (χ2v) is 8.22. The number of likely N-dealkylation sites (tertiary alicyclic amines) is 1. The van der Waals surface area contributed by atoms with Gasteiger partial charge in [-0.25, -0.2) is 0 Å². The highest BCUT2D eigenvalue weighted by Crippen LogP contribution is 2.47. The van der Waals surface area contributed by atoms with Crippen LogP contribution in [0.2, 0.25) is 0 Å². The Bertz CT molecular complexity index is 498. The molecular formula is C20H30N2. The molecule has 1 aromatic rings. The standard InChI is InChI=1S/C20H30N2/c1-14(2)12-22-13-17-10-16-11-21-19(17)20(22)18(16)9-8-15-6-4-3-5-7-15/h3-7,14,16-21H,8-13H2,1-2H3. The van der Waals surface area contributed by atoms with E-state index in [0.717, 1.165) is 35.8 Å². The number of fused-ring (bicyclic) bond motifs is 1. The summed E-state index contributed by atoms with van der Waals surface area (Å²) in [6.07, 6.45) is 4.10. The molecule has 1 saturated carbocycles. The number of nitrogens with one attached hydrogen (secondary N) is 1. The molecule has 5 atom stereocenters. The number of piperidine rings is 2. The summed E-state index contributed by atoms with van der Waals surface area (Å²) in [5.41, 5.74) is 1.52. The zero-order valence-electron chi connectivity index (χ0n) is 14.0. The summed E-state index contributed by atoms with van der Waals surface area (Å²) in [5.74, 6) is 3.54. The van der Waals surface area contributed by atoms with Crippen molar-refractivity contribution in [2.45, 2.75) is 45.2 Å². The molecule has 4 bridgehead atoms. The summed E-state index contributed by atoms with van der Waals surface area (Å²) in [6, 6.07) is 12.7. The molecule has 2 nitrogen and oxygen atoms in total. The number of rotatable bonds is 5. The Morgan fingerprint density at radius 3 is 2.77 bits per heavy atom. The lowest BCUT2D eigenvalue weighted by atomic mass is 9.66. The van der Waals surface area contributed by atoms with Crippen LogP contribution in [0, 0.1) is 23.7 Å². The van der Waals surface area contributed by atoms with Crippen molar-refractivity contribution < 1.29 is 0 Å². The smallest absolute Gasteiger partial charge is 0.0284 e. The van der Waals surface area contributed by atoms with E-state index < -0.39 is 0 Å². The van der Waals surface area contributed by atoms with Crippen LogP contribution in [0.5, 0.6) is 0 Å². The predicted molar refractivity (Wildman–Crippen MR) is 91.8 cm³/mol. The van der Waals surface area contributed by atoms with Gasteiger partial charge in [-0.1, -0.05) is 44.2 Å². The topological polar surface area (TPSA) is 15.3 Å². The Morgan fingerprint density at radius 2 is 2.00 bits per heavy atom. The fourth-order valence-corrected chi connectivity index (χ4v) is 5.50. The van der Waals surface area contributed by atoms with Gasteiger partial charge >= 0.3 is 0 Å². The molecule has 0 aromatic heterocycles. The molecular weight excluding hydrogens is 268 g/mol. The molecule has 1 aromatic carbocycles. The van der Waals surface area contributed by atoms with Crippen molar-refractivity contribution in [1.82, 2.24) is 10.2 Å². The number of hydrogen-bond donors (Lipinski definition) is 1. The molecule has 2 heteroatoms. The van der Waals surface area contributed by atoms with E-state index in [4.69, 9.17) is 0 Å². The fraction of sp³-hybridized carbons (Fsp3) is 0.700. The van der Waals surface area contributed by atoms with Gasteiger partial charge in [0.05, 0.1) is 0 Å². The molecule has 0 spiro atoms. The first-order valence-corrected chi connectivity index (χ1v) is 9.23. The van der Waals surface area contributed by atoms with E-state index in [9.17, 15) is 0 Å². The third-order valence-electron chi connectivity index (χ3n) is 6.24. The Balaban J connectivity index is 1.48. The third-order valence-corrected chi connectivity index (χ3v) is 6.24. The van der Waals surface area contributed by atoms with Crippen molar-refractivity contribution in [3.63, 3.8) is 0 Å². The van der Waals surface area contributed by atoms with Crippen LogP contribution in [0.4, 0.5) is 0 Å². The van der Waals surface area contributed by atoms with E-state index in [0.29, 0.717) is 0 Å². The first-order chi connectivity index (χ1) is 10.7. The summed E-state index contributed by atoms with van der Waals surface area (Å²) < 4.78 is 0. The lowest BCUT2D eigenvalue weighted by Gasteiger charge is -2.49. The average Bonchev–Trinajstić information content (AvgIpc) is 2.81. The first-order valence-electron chi connectivity index (χ1n) is 9.23. The van der Waals surface area contributed by atoms with Crippen LogP contribution in [0.25, 0.3) is 0 Å². The van der Waals surface area contributed by atoms with E-state index in [-0.39, 0.29) is 0 Å². The van der Waals surface area contributed by atoms with Crippen LogP contribution in [-0.4, -0.2) is 36.6 Å². The summed E-state index contributed by atoms with van der Waals surface area (Å²) in [6.45, 7) is 8.64. The monoisotopic (exact) mass is 298 g/mol. The lowest BCUT2D eigenvalue weighted by Crippen LogP contribution is -2.61. The van der Waals surface area contributed by atoms with Crippen LogP contribution in [-0.2, 0) is 6.42 Å². The molecule has 120 valence electrons. The molecule has 22 heavy (non-hydrogen) atoms. The fourth-order valence-electron chi connectivity index (χ4n) is 5.50. The minimum atomic E-state index is 0.782. The predicted octanol–water partition coefficient (Wildman–Crippen LogP) is 3.18. The molecule has 4 aliphatic rings. The van der Waals surface area contributed by atoms with Crippen LogP contribution in [0.1, 0.15) is 32.3 Å². The maximum Gasteiger partial charge on any atom is 0.0284 e. The van der Waals surface area contributed by atoms with Gasteiger partial charge in [-0.3, -0.25) is 4.90 Å². The lowest BCUT2D eigenvalue weighted by molar-refractivity contribution is 0.0456. The zero-order valence-corrected chi connectivity index (χ0v) is 14.0. The van der Waals surface area contributed by atoms with Gasteiger partial charge in [0.2, 0.25) is 0 Å². The van der Waals surface area contributed by atoms with E-state index >= 15 is 0 Å². The van der Waals surface area contributed by atoms with Gasteiger partial charge in [-0.15, -0.1) is 0 Å². The van der Waals surface area contributed by atoms with E-state index in [1.165, 1.54) is 44.5 Å². The number of hydrogen-bond acceptors (Lipinski definition) is 2. The largest absolute Gasteiger partial charge is 0.312 e. The van der Waals surface area contributed by atoms with Gasteiger partial charge in [-0.2, -0.15) is 0 Å². The van der Waals surface area contributed by atoms with Gasteiger partial charge in [0.25, 0.3) is 0 Å². The highest BCUT2D eigenvalue weighted by Gasteiger charge is 2.54. The number of aryl methyl sites for hydroxylation is 1. The van der Waals surface area contributed by atoms with Gasteiger partial charge in [0.1, 0.15) is 0 Å². The number of nitrogens with zero attached hydrogens (tertiary/aromatic N) is 1. The quantitative estimate of drug-likeness (QED) is 0.898. The Kier molecular flexibility index (Phi) is 4.00. The van der Waals surface area contributed by atoms with Gasteiger partial charge in [0, 0.05) is 25.2 Å². The summed E-state index contributed by atoms with van der Waals surface area (Å²) in [7, 11) is 0. The molecule has 5 rings (SSSR count). The summed E-state index contributed by atoms with van der Waals surface area (Å²) in [4.78, 5) is 2.84. The van der Waals surface area contributed by atoms with Crippen molar-refractivity contribution in [1.29, 1.82) is 0 Å².